The zero-order chi connectivity index (χ0) is 20.2. The first-order chi connectivity index (χ1) is 12.5. The second kappa shape index (κ2) is 8.64. The summed E-state index contributed by atoms with van der Waals surface area (Å²) in [5.41, 5.74) is -3.48. The van der Waals surface area contributed by atoms with E-state index in [4.69, 9.17) is 9.29 Å². The lowest BCUT2D eigenvalue weighted by Gasteiger charge is -2.46. The average Bonchev–Trinajstić information content (AvgIpc) is 2.55. The minimum absolute atomic E-state index is 0.0745. The van der Waals surface area contributed by atoms with Crippen LogP contribution in [0.1, 0.15) is 58.3 Å². The number of hydrogen-bond donors (Lipinski definition) is 1. The van der Waals surface area contributed by atoms with Crippen molar-refractivity contribution < 1.29 is 36.8 Å². The number of alkyl halides is 1. The highest BCUT2D eigenvalue weighted by Crippen LogP contribution is 2.52. The number of hydrogen-bond acceptors (Lipinski definition) is 6. The maximum absolute atomic E-state index is 13.4. The Balaban J connectivity index is 2.00. The molecular formula is C17H25FNO7S-. The molecule has 10 heteroatoms. The first-order valence-electron chi connectivity index (χ1n) is 9.04. The average molecular weight is 406 g/mol. The molecule has 2 aliphatic rings. The van der Waals surface area contributed by atoms with Gasteiger partial charge in [0.25, 0.3) is 5.50 Å². The molecule has 2 aliphatic carbocycles. The van der Waals surface area contributed by atoms with Crippen molar-refractivity contribution in [3.8, 4) is 0 Å². The first-order valence-corrected chi connectivity index (χ1v) is 10.5. The van der Waals surface area contributed by atoms with Crippen molar-refractivity contribution in [2.75, 3.05) is 6.61 Å². The van der Waals surface area contributed by atoms with Crippen molar-refractivity contribution in [3.05, 3.63) is 0 Å². The molecule has 0 spiro atoms. The summed E-state index contributed by atoms with van der Waals surface area (Å²) in [6, 6.07) is 0. The summed E-state index contributed by atoms with van der Waals surface area (Å²) in [5, 5.41) is 11.6. The third-order valence-corrected chi connectivity index (χ3v) is 6.23. The summed E-state index contributed by atoms with van der Waals surface area (Å²) < 4.78 is 48.4. The monoisotopic (exact) mass is 406 g/mol. The van der Waals surface area contributed by atoms with E-state index in [-0.39, 0.29) is 18.3 Å². The maximum atomic E-state index is 13.4. The van der Waals surface area contributed by atoms with Crippen LogP contribution in [0, 0.1) is 17.3 Å². The summed E-state index contributed by atoms with van der Waals surface area (Å²) in [6.07, 6.45) is 4.88. The molecule has 2 fully saturated rings. The molecule has 0 aromatic heterocycles. The van der Waals surface area contributed by atoms with Gasteiger partial charge in [0.2, 0.25) is 5.91 Å². The predicted molar refractivity (Wildman–Crippen MR) is 91.9 cm³/mol. The molecule has 1 N–H and O–H groups in total. The van der Waals surface area contributed by atoms with Gasteiger partial charge >= 0.3 is 16.1 Å². The number of rotatable bonds is 7. The largest absolute Gasteiger partial charge is 0.862 e. The Hall–Kier alpha value is -1.55. The van der Waals surface area contributed by atoms with E-state index in [1.807, 2.05) is 0 Å². The van der Waals surface area contributed by atoms with Gasteiger partial charge in [0.05, 0.1) is 5.41 Å². The number of ether oxygens (including phenoxy) is 1. The molecule has 1 amide bonds. The molecule has 0 saturated heterocycles. The van der Waals surface area contributed by atoms with Crippen LogP contribution in [0.2, 0.25) is 0 Å². The van der Waals surface area contributed by atoms with Crippen LogP contribution in [0.15, 0.2) is 4.99 Å². The highest BCUT2D eigenvalue weighted by Gasteiger charge is 2.49. The van der Waals surface area contributed by atoms with Gasteiger partial charge < -0.3 is 9.84 Å². The Morgan fingerprint density at radius 2 is 2.11 bits per heavy atom. The standard InChI is InChI=1S/C17H26FNO7S/c1-11(20)19-15(21)5-4-13-7-12-3-2-6-17(8-12,9-13)16(22)26-10-14(18)27(23,24)25/h12-14H,2-10H2,1H3,(H,19,20,21)(H,23,24,25)/p-1. The zero-order valence-electron chi connectivity index (χ0n) is 15.2. The van der Waals surface area contributed by atoms with Crippen molar-refractivity contribution in [1.29, 1.82) is 0 Å². The van der Waals surface area contributed by atoms with Crippen LogP contribution in [0.3, 0.4) is 0 Å². The fourth-order valence-corrected chi connectivity index (χ4v) is 4.65. The van der Waals surface area contributed by atoms with E-state index in [1.54, 1.807) is 0 Å². The highest BCUT2D eigenvalue weighted by atomic mass is 32.2. The van der Waals surface area contributed by atoms with Crippen LogP contribution in [-0.2, 0) is 24.4 Å². The van der Waals surface area contributed by atoms with Gasteiger partial charge in [0.15, 0.2) is 0 Å². The van der Waals surface area contributed by atoms with E-state index in [1.165, 1.54) is 6.92 Å². The SMILES string of the molecule is CC(=O)N=C([O-])CCC1CC2CCCC(C(=O)OCC(F)S(=O)(=O)O)(C2)C1. The summed E-state index contributed by atoms with van der Waals surface area (Å²) in [4.78, 5) is 26.8. The number of nitrogens with zero attached hydrogens (tertiary/aromatic N) is 1. The van der Waals surface area contributed by atoms with Crippen LogP contribution in [0.5, 0.6) is 0 Å². The van der Waals surface area contributed by atoms with E-state index in [0.29, 0.717) is 25.7 Å². The number of esters is 1. The molecular weight excluding hydrogens is 381 g/mol. The number of halogens is 1. The number of amides is 1. The Bertz CT molecular complexity index is 708. The van der Waals surface area contributed by atoms with Gasteiger partial charge in [-0.1, -0.05) is 12.8 Å². The van der Waals surface area contributed by atoms with Gasteiger partial charge in [-0.05, 0) is 56.3 Å². The number of aliphatic imine (C=N–C) groups is 1. The van der Waals surface area contributed by atoms with Gasteiger partial charge in [0.1, 0.15) is 6.61 Å². The predicted octanol–water partition coefficient (Wildman–Crippen LogP) is 1.39. The molecule has 2 saturated carbocycles. The molecule has 0 aromatic rings. The Morgan fingerprint density at radius 3 is 2.74 bits per heavy atom. The fourth-order valence-electron chi connectivity index (χ4n) is 4.41. The van der Waals surface area contributed by atoms with Crippen LogP contribution in [0.25, 0.3) is 0 Å². The van der Waals surface area contributed by atoms with Gasteiger partial charge in [0, 0.05) is 6.92 Å². The first kappa shape index (κ1) is 21.7. The molecule has 8 nitrogen and oxygen atoms in total. The molecule has 0 radical (unpaired) electrons. The molecule has 154 valence electrons. The third kappa shape index (κ3) is 5.97. The van der Waals surface area contributed by atoms with E-state index >= 15 is 0 Å². The topological polar surface area (TPSA) is 133 Å². The van der Waals surface area contributed by atoms with Crippen LogP contribution in [-0.4, -0.2) is 42.9 Å². The van der Waals surface area contributed by atoms with E-state index in [0.717, 1.165) is 19.3 Å². The van der Waals surface area contributed by atoms with Gasteiger partial charge in [-0.15, -0.1) is 0 Å². The Morgan fingerprint density at radius 1 is 1.41 bits per heavy atom. The number of fused-ring (bicyclic) bond motifs is 2. The van der Waals surface area contributed by atoms with Crippen molar-refractivity contribution >= 4 is 27.9 Å². The van der Waals surface area contributed by atoms with E-state index in [2.05, 4.69) is 4.99 Å². The van der Waals surface area contributed by atoms with Crippen molar-refractivity contribution in [3.63, 3.8) is 0 Å². The van der Waals surface area contributed by atoms with Gasteiger partial charge in [-0.25, -0.2) is 9.38 Å². The maximum Gasteiger partial charge on any atom is 0.312 e. The number of carbonyl (C=O) groups excluding carboxylic acids is 2. The molecule has 0 aromatic carbocycles. The minimum Gasteiger partial charge on any atom is -0.862 e. The molecule has 4 atom stereocenters. The fraction of sp³-hybridized carbons (Fsp3) is 0.824. The van der Waals surface area contributed by atoms with Crippen molar-refractivity contribution in [1.82, 2.24) is 0 Å². The number of carbonyl (C=O) groups is 2. The lowest BCUT2D eigenvalue weighted by molar-refractivity contribution is -0.219. The molecule has 4 unspecified atom stereocenters. The summed E-state index contributed by atoms with van der Waals surface area (Å²) in [7, 11) is -4.91. The van der Waals surface area contributed by atoms with Gasteiger partial charge in [-0.2, -0.15) is 8.42 Å². The highest BCUT2D eigenvalue weighted by molar-refractivity contribution is 7.86. The van der Waals surface area contributed by atoms with Crippen LogP contribution < -0.4 is 5.11 Å². The second-order valence-corrected chi connectivity index (χ2v) is 9.18. The van der Waals surface area contributed by atoms with Crippen molar-refractivity contribution in [2.24, 2.45) is 22.2 Å². The molecule has 2 rings (SSSR count). The minimum atomic E-state index is -4.91. The summed E-state index contributed by atoms with van der Waals surface area (Å²) in [6.45, 7) is 0.170. The quantitative estimate of drug-likeness (QED) is 0.292. The summed E-state index contributed by atoms with van der Waals surface area (Å²) >= 11 is 0. The van der Waals surface area contributed by atoms with E-state index < -0.39 is 45.4 Å². The van der Waals surface area contributed by atoms with E-state index in [9.17, 15) is 27.5 Å². The Kier molecular flexibility index (Phi) is 6.96. The molecule has 27 heavy (non-hydrogen) atoms. The third-order valence-electron chi connectivity index (χ3n) is 5.44. The van der Waals surface area contributed by atoms with Crippen molar-refractivity contribution in [2.45, 2.75) is 63.8 Å². The molecule has 2 bridgehead atoms. The normalized spacial score (nSPS) is 29.8. The van der Waals surface area contributed by atoms with Gasteiger partial charge in [-0.3, -0.25) is 14.1 Å². The smallest absolute Gasteiger partial charge is 0.312 e. The lowest BCUT2D eigenvalue weighted by atomic mass is 9.58. The second-order valence-electron chi connectivity index (χ2n) is 7.64. The van der Waals surface area contributed by atoms with Crippen LogP contribution in [0.4, 0.5) is 4.39 Å². The zero-order valence-corrected chi connectivity index (χ0v) is 16.0. The summed E-state index contributed by atoms with van der Waals surface area (Å²) in [5.74, 6) is -1.32. The van der Waals surface area contributed by atoms with Crippen LogP contribution >= 0.6 is 0 Å². The molecule has 0 aliphatic heterocycles. The lowest BCUT2D eigenvalue weighted by Crippen LogP contribution is -2.44. The molecule has 0 heterocycles. The Labute approximate surface area is 157 Å².